The molecule has 0 fully saturated rings. The third-order valence-electron chi connectivity index (χ3n) is 1.91. The first-order chi connectivity index (χ1) is 6.79. The second kappa shape index (κ2) is 5.90. The lowest BCUT2D eigenvalue weighted by atomic mass is 10.1. The molecule has 0 spiro atoms. The Bertz CT molecular complexity index is 281. The fourth-order valence-electron chi connectivity index (χ4n) is 1.24. The van der Waals surface area contributed by atoms with Gasteiger partial charge in [0.1, 0.15) is 5.75 Å². The fraction of sp³-hybridized carbons (Fsp3) is 0.400. The van der Waals surface area contributed by atoms with E-state index in [0.717, 1.165) is 5.56 Å². The van der Waals surface area contributed by atoms with E-state index in [0.29, 0.717) is 12.3 Å². The molecule has 0 saturated carbocycles. The van der Waals surface area contributed by atoms with Crippen molar-refractivity contribution in [3.05, 3.63) is 29.8 Å². The minimum Gasteiger partial charge on any atom is -0.508 e. The van der Waals surface area contributed by atoms with Crippen molar-refractivity contribution in [1.29, 1.82) is 0 Å². The van der Waals surface area contributed by atoms with Crippen molar-refractivity contribution in [1.82, 2.24) is 0 Å². The van der Waals surface area contributed by atoms with E-state index in [4.69, 9.17) is 10.8 Å². The first-order valence-electron chi connectivity index (χ1n) is 4.50. The number of benzene rings is 1. The molecule has 0 heterocycles. The van der Waals surface area contributed by atoms with E-state index in [1.165, 1.54) is 0 Å². The molecule has 3 nitrogen and oxygen atoms in total. The smallest absolute Gasteiger partial charge is 0.119 e. The SMILES string of the molecule is NCC(SCCO)c1ccccc1O. The Morgan fingerprint density at radius 3 is 2.64 bits per heavy atom. The third kappa shape index (κ3) is 2.90. The molecule has 0 radical (unpaired) electrons. The third-order valence-corrected chi connectivity index (χ3v) is 3.18. The predicted molar refractivity (Wildman–Crippen MR) is 59.4 cm³/mol. The number of para-hydroxylation sites is 1. The summed E-state index contributed by atoms with van der Waals surface area (Å²) in [6.45, 7) is 0.594. The Labute approximate surface area is 87.9 Å². The van der Waals surface area contributed by atoms with Crippen LogP contribution in [0.15, 0.2) is 24.3 Å². The van der Waals surface area contributed by atoms with Crippen LogP contribution in [0.4, 0.5) is 0 Å². The Morgan fingerprint density at radius 2 is 2.07 bits per heavy atom. The maximum Gasteiger partial charge on any atom is 0.119 e. The lowest BCUT2D eigenvalue weighted by molar-refractivity contribution is 0.322. The summed E-state index contributed by atoms with van der Waals surface area (Å²) in [5.41, 5.74) is 6.44. The minimum atomic E-state index is 0.0587. The van der Waals surface area contributed by atoms with Gasteiger partial charge in [0.05, 0.1) is 6.61 Å². The number of rotatable bonds is 5. The largest absolute Gasteiger partial charge is 0.508 e. The van der Waals surface area contributed by atoms with Crippen LogP contribution < -0.4 is 5.73 Å². The second-order valence-electron chi connectivity index (χ2n) is 2.88. The van der Waals surface area contributed by atoms with Crippen molar-refractivity contribution in [3.8, 4) is 5.75 Å². The highest BCUT2D eigenvalue weighted by Gasteiger charge is 2.12. The highest BCUT2D eigenvalue weighted by Crippen LogP contribution is 2.32. The monoisotopic (exact) mass is 213 g/mol. The molecule has 1 aromatic rings. The predicted octanol–water partition coefficient (Wildman–Crippen LogP) is 1.12. The zero-order valence-electron chi connectivity index (χ0n) is 7.89. The highest BCUT2D eigenvalue weighted by molar-refractivity contribution is 7.99. The van der Waals surface area contributed by atoms with E-state index in [1.807, 2.05) is 12.1 Å². The van der Waals surface area contributed by atoms with Gasteiger partial charge < -0.3 is 15.9 Å². The highest BCUT2D eigenvalue weighted by atomic mass is 32.2. The van der Waals surface area contributed by atoms with E-state index >= 15 is 0 Å². The molecule has 0 aromatic heterocycles. The number of hydrogen-bond acceptors (Lipinski definition) is 4. The van der Waals surface area contributed by atoms with E-state index in [9.17, 15) is 5.11 Å². The Hall–Kier alpha value is -0.710. The number of phenols is 1. The zero-order valence-corrected chi connectivity index (χ0v) is 8.70. The topological polar surface area (TPSA) is 66.5 Å². The fourth-order valence-corrected chi connectivity index (χ4v) is 2.14. The zero-order chi connectivity index (χ0) is 10.4. The van der Waals surface area contributed by atoms with Crippen molar-refractivity contribution < 1.29 is 10.2 Å². The summed E-state index contributed by atoms with van der Waals surface area (Å²) >= 11 is 1.55. The van der Waals surface area contributed by atoms with Gasteiger partial charge in [0.2, 0.25) is 0 Å². The van der Waals surface area contributed by atoms with E-state index < -0.39 is 0 Å². The Balaban J connectivity index is 2.73. The van der Waals surface area contributed by atoms with Gasteiger partial charge in [-0.2, -0.15) is 0 Å². The molecular weight excluding hydrogens is 198 g/mol. The van der Waals surface area contributed by atoms with Gasteiger partial charge in [-0.1, -0.05) is 18.2 Å². The molecule has 0 aliphatic carbocycles. The summed E-state index contributed by atoms with van der Waals surface area (Å²) in [6.07, 6.45) is 0. The van der Waals surface area contributed by atoms with Crippen LogP contribution in [-0.4, -0.2) is 29.1 Å². The van der Waals surface area contributed by atoms with Crippen molar-refractivity contribution in [2.75, 3.05) is 18.9 Å². The number of thioether (sulfide) groups is 1. The lowest BCUT2D eigenvalue weighted by Gasteiger charge is -2.15. The Morgan fingerprint density at radius 1 is 1.36 bits per heavy atom. The van der Waals surface area contributed by atoms with Gasteiger partial charge in [-0.15, -0.1) is 11.8 Å². The number of aliphatic hydroxyl groups excluding tert-OH is 1. The summed E-state index contributed by atoms with van der Waals surface area (Å²) in [7, 11) is 0. The van der Waals surface area contributed by atoms with Crippen LogP contribution in [0.5, 0.6) is 5.75 Å². The number of hydrogen-bond donors (Lipinski definition) is 3. The van der Waals surface area contributed by atoms with Gasteiger partial charge in [-0.3, -0.25) is 0 Å². The first-order valence-corrected chi connectivity index (χ1v) is 5.55. The summed E-state index contributed by atoms with van der Waals surface area (Å²) in [5, 5.41) is 18.3. The average molecular weight is 213 g/mol. The summed E-state index contributed by atoms with van der Waals surface area (Å²) < 4.78 is 0. The first kappa shape index (κ1) is 11.4. The molecule has 1 unspecified atom stereocenters. The van der Waals surface area contributed by atoms with Crippen molar-refractivity contribution in [2.24, 2.45) is 5.73 Å². The molecular formula is C10H15NO2S. The molecule has 4 heteroatoms. The van der Waals surface area contributed by atoms with Gasteiger partial charge in [0.25, 0.3) is 0 Å². The standard InChI is InChI=1S/C10H15NO2S/c11-7-10(14-6-5-12)8-3-1-2-4-9(8)13/h1-4,10,12-13H,5-7,11H2. The van der Waals surface area contributed by atoms with Crippen LogP contribution in [0.3, 0.4) is 0 Å². The van der Waals surface area contributed by atoms with Crippen molar-refractivity contribution >= 4 is 11.8 Å². The van der Waals surface area contributed by atoms with Crippen LogP contribution in [0, 0.1) is 0 Å². The normalized spacial score (nSPS) is 12.7. The van der Waals surface area contributed by atoms with Gasteiger partial charge in [-0.05, 0) is 6.07 Å². The summed E-state index contributed by atoms with van der Waals surface area (Å²) in [5.74, 6) is 0.907. The molecule has 78 valence electrons. The molecule has 1 atom stereocenters. The molecule has 0 aliphatic heterocycles. The molecule has 0 aliphatic rings. The van der Waals surface area contributed by atoms with E-state index in [-0.39, 0.29) is 17.6 Å². The molecule has 0 amide bonds. The molecule has 0 bridgehead atoms. The van der Waals surface area contributed by atoms with Crippen LogP contribution in [0.25, 0.3) is 0 Å². The van der Waals surface area contributed by atoms with Crippen molar-refractivity contribution in [3.63, 3.8) is 0 Å². The molecule has 14 heavy (non-hydrogen) atoms. The van der Waals surface area contributed by atoms with Crippen LogP contribution in [0.1, 0.15) is 10.8 Å². The van der Waals surface area contributed by atoms with Gasteiger partial charge in [0.15, 0.2) is 0 Å². The number of aromatic hydroxyl groups is 1. The number of aliphatic hydroxyl groups is 1. The molecule has 1 rings (SSSR count). The maximum absolute atomic E-state index is 9.58. The summed E-state index contributed by atoms with van der Waals surface area (Å²) in [6, 6.07) is 7.16. The average Bonchev–Trinajstić information content (AvgIpc) is 2.21. The van der Waals surface area contributed by atoms with E-state index in [2.05, 4.69) is 0 Å². The van der Waals surface area contributed by atoms with E-state index in [1.54, 1.807) is 23.9 Å². The van der Waals surface area contributed by atoms with Gasteiger partial charge >= 0.3 is 0 Å². The lowest BCUT2D eigenvalue weighted by Crippen LogP contribution is -2.10. The number of phenolic OH excluding ortho intramolecular Hbond substituents is 1. The van der Waals surface area contributed by atoms with Crippen molar-refractivity contribution in [2.45, 2.75) is 5.25 Å². The molecule has 0 saturated heterocycles. The second-order valence-corrected chi connectivity index (χ2v) is 4.19. The van der Waals surface area contributed by atoms with Gasteiger partial charge in [-0.25, -0.2) is 0 Å². The number of nitrogens with two attached hydrogens (primary N) is 1. The molecule has 4 N–H and O–H groups in total. The summed E-state index contributed by atoms with van der Waals surface area (Å²) in [4.78, 5) is 0. The van der Waals surface area contributed by atoms with Crippen LogP contribution in [-0.2, 0) is 0 Å². The quantitative estimate of drug-likeness (QED) is 0.685. The Kier molecular flexibility index (Phi) is 4.79. The molecule has 1 aromatic carbocycles. The maximum atomic E-state index is 9.58. The minimum absolute atomic E-state index is 0.0587. The van der Waals surface area contributed by atoms with Crippen LogP contribution >= 0.6 is 11.8 Å². The van der Waals surface area contributed by atoms with Gasteiger partial charge in [0, 0.05) is 23.1 Å². The van der Waals surface area contributed by atoms with Crippen LogP contribution in [0.2, 0.25) is 0 Å².